The molecule has 0 amide bonds. The van der Waals surface area contributed by atoms with Crippen LogP contribution in [0, 0.1) is 0 Å². The fraction of sp³-hybridized carbons (Fsp3) is 0.0769. The maximum Gasteiger partial charge on any atom is 0.0232 e. The largest absolute Gasteiger partial charge is 0.121 e. The molecule has 0 saturated heterocycles. The Labute approximate surface area is 103 Å². The maximum absolute atomic E-state index is 3.43. The van der Waals surface area contributed by atoms with Crippen molar-refractivity contribution in [1.82, 2.24) is 0 Å². The highest BCUT2D eigenvalue weighted by atomic mass is 79.9. The first-order chi connectivity index (χ1) is 7.34. The molecule has 0 radical (unpaired) electrons. The summed E-state index contributed by atoms with van der Waals surface area (Å²) in [5, 5.41) is 0. The van der Waals surface area contributed by atoms with Crippen LogP contribution in [-0.2, 0) is 5.75 Å². The molecule has 0 bridgehead atoms. The van der Waals surface area contributed by atoms with Gasteiger partial charge in [0.25, 0.3) is 0 Å². The summed E-state index contributed by atoms with van der Waals surface area (Å²) in [6.45, 7) is 0. The molecule has 0 saturated carbocycles. The van der Waals surface area contributed by atoms with Crippen molar-refractivity contribution in [3.8, 4) is 0 Å². The van der Waals surface area contributed by atoms with Crippen LogP contribution in [0.15, 0.2) is 64.0 Å². The molecule has 2 aromatic carbocycles. The van der Waals surface area contributed by atoms with Crippen molar-refractivity contribution in [2.24, 2.45) is 0 Å². The van der Waals surface area contributed by atoms with Crippen molar-refractivity contribution in [3.63, 3.8) is 0 Å². The Bertz CT molecular complexity index is 408. The third-order valence-corrected chi connectivity index (χ3v) is 3.67. The molecule has 15 heavy (non-hydrogen) atoms. The van der Waals surface area contributed by atoms with E-state index in [-0.39, 0.29) is 0 Å². The smallest absolute Gasteiger partial charge is 0.0232 e. The summed E-state index contributed by atoms with van der Waals surface area (Å²) in [5.74, 6) is 1.03. The minimum Gasteiger partial charge on any atom is -0.121 e. The molecule has 0 fully saturated rings. The molecule has 0 aliphatic carbocycles. The molecule has 0 spiro atoms. The average molecular weight is 279 g/mol. The summed E-state index contributed by atoms with van der Waals surface area (Å²) in [5.41, 5.74) is 1.35. The van der Waals surface area contributed by atoms with Crippen LogP contribution in [0.4, 0.5) is 0 Å². The van der Waals surface area contributed by atoms with Gasteiger partial charge in [-0.1, -0.05) is 46.3 Å². The Balaban J connectivity index is 1.96. The Hall–Kier alpha value is -0.730. The third kappa shape index (κ3) is 3.40. The lowest BCUT2D eigenvalue weighted by Gasteiger charge is -2.01. The first kappa shape index (κ1) is 10.8. The van der Waals surface area contributed by atoms with E-state index < -0.39 is 0 Å². The molecule has 0 unspecified atom stereocenters. The summed E-state index contributed by atoms with van der Waals surface area (Å²) in [6, 6.07) is 19.0. The van der Waals surface area contributed by atoms with Crippen LogP contribution < -0.4 is 0 Å². The van der Waals surface area contributed by atoms with E-state index in [4.69, 9.17) is 0 Å². The van der Waals surface area contributed by atoms with Gasteiger partial charge in [-0.3, -0.25) is 0 Å². The zero-order valence-corrected chi connectivity index (χ0v) is 10.6. The molecule has 2 aromatic rings. The zero-order chi connectivity index (χ0) is 10.5. The molecule has 0 heterocycles. The standard InChI is InChI=1S/C13H11BrS/c14-12-8-6-11(7-9-12)10-15-13-4-2-1-3-5-13/h1-9H,10H2. The highest BCUT2D eigenvalue weighted by Gasteiger charge is 1.95. The Morgan fingerprint density at radius 2 is 1.53 bits per heavy atom. The van der Waals surface area contributed by atoms with E-state index in [0.717, 1.165) is 10.2 Å². The topological polar surface area (TPSA) is 0 Å². The third-order valence-electron chi connectivity index (χ3n) is 2.06. The minimum absolute atomic E-state index is 1.03. The van der Waals surface area contributed by atoms with Gasteiger partial charge in [0.1, 0.15) is 0 Å². The maximum atomic E-state index is 3.43. The molecule has 2 heteroatoms. The van der Waals surface area contributed by atoms with Crippen LogP contribution in [0.3, 0.4) is 0 Å². The van der Waals surface area contributed by atoms with Crippen molar-refractivity contribution in [3.05, 3.63) is 64.6 Å². The fourth-order valence-corrected chi connectivity index (χ4v) is 2.40. The molecule has 0 nitrogen and oxygen atoms in total. The number of benzene rings is 2. The van der Waals surface area contributed by atoms with Crippen LogP contribution in [0.25, 0.3) is 0 Å². The van der Waals surface area contributed by atoms with Gasteiger partial charge in [-0.2, -0.15) is 0 Å². The molecular formula is C13H11BrS. The molecule has 0 aliphatic heterocycles. The SMILES string of the molecule is Brc1ccc(CSc2ccccc2)cc1. The summed E-state index contributed by atoms with van der Waals surface area (Å²) in [4.78, 5) is 1.32. The van der Waals surface area contributed by atoms with Crippen molar-refractivity contribution in [1.29, 1.82) is 0 Å². The van der Waals surface area contributed by atoms with Crippen molar-refractivity contribution >= 4 is 27.7 Å². The highest BCUT2D eigenvalue weighted by molar-refractivity contribution is 9.10. The summed E-state index contributed by atoms with van der Waals surface area (Å²) >= 11 is 5.30. The van der Waals surface area contributed by atoms with E-state index in [0.29, 0.717) is 0 Å². The Kier molecular flexibility index (Phi) is 3.87. The van der Waals surface area contributed by atoms with E-state index in [1.807, 2.05) is 17.8 Å². The van der Waals surface area contributed by atoms with Gasteiger partial charge in [-0.15, -0.1) is 11.8 Å². The van der Waals surface area contributed by atoms with Gasteiger partial charge in [0.2, 0.25) is 0 Å². The highest BCUT2D eigenvalue weighted by Crippen LogP contribution is 2.22. The lowest BCUT2D eigenvalue weighted by atomic mass is 10.2. The van der Waals surface area contributed by atoms with Crippen LogP contribution >= 0.6 is 27.7 Å². The van der Waals surface area contributed by atoms with Gasteiger partial charge in [0.05, 0.1) is 0 Å². The first-order valence-corrected chi connectivity index (χ1v) is 6.55. The number of hydrogen-bond donors (Lipinski definition) is 0. The van der Waals surface area contributed by atoms with Gasteiger partial charge in [0.15, 0.2) is 0 Å². The quantitative estimate of drug-likeness (QED) is 0.731. The van der Waals surface area contributed by atoms with E-state index >= 15 is 0 Å². The van der Waals surface area contributed by atoms with Crippen molar-refractivity contribution < 1.29 is 0 Å². The number of thioether (sulfide) groups is 1. The average Bonchev–Trinajstić information content (AvgIpc) is 2.30. The van der Waals surface area contributed by atoms with Gasteiger partial charge in [0, 0.05) is 15.1 Å². The summed E-state index contributed by atoms with van der Waals surface area (Å²) < 4.78 is 1.14. The molecule has 76 valence electrons. The predicted octanol–water partition coefficient (Wildman–Crippen LogP) is 4.74. The minimum atomic E-state index is 1.03. The monoisotopic (exact) mass is 278 g/mol. The summed E-state index contributed by atoms with van der Waals surface area (Å²) in [7, 11) is 0. The van der Waals surface area contributed by atoms with Gasteiger partial charge in [-0.25, -0.2) is 0 Å². The van der Waals surface area contributed by atoms with Crippen molar-refractivity contribution in [2.75, 3.05) is 0 Å². The second-order valence-electron chi connectivity index (χ2n) is 3.23. The van der Waals surface area contributed by atoms with Gasteiger partial charge < -0.3 is 0 Å². The lowest BCUT2D eigenvalue weighted by Crippen LogP contribution is -1.79. The van der Waals surface area contributed by atoms with Gasteiger partial charge >= 0.3 is 0 Å². The van der Waals surface area contributed by atoms with E-state index in [2.05, 4.69) is 64.5 Å². The van der Waals surface area contributed by atoms with Crippen LogP contribution in [-0.4, -0.2) is 0 Å². The molecule has 0 aromatic heterocycles. The van der Waals surface area contributed by atoms with Crippen LogP contribution in [0.1, 0.15) is 5.56 Å². The number of rotatable bonds is 3. The summed E-state index contributed by atoms with van der Waals surface area (Å²) in [6.07, 6.45) is 0. The molecule has 0 atom stereocenters. The van der Waals surface area contributed by atoms with Crippen LogP contribution in [0.2, 0.25) is 0 Å². The normalized spacial score (nSPS) is 10.2. The fourth-order valence-electron chi connectivity index (χ4n) is 1.26. The lowest BCUT2D eigenvalue weighted by molar-refractivity contribution is 1.37. The molecular weight excluding hydrogens is 268 g/mol. The molecule has 2 rings (SSSR count). The second-order valence-corrected chi connectivity index (χ2v) is 5.19. The van der Waals surface area contributed by atoms with Crippen LogP contribution in [0.5, 0.6) is 0 Å². The first-order valence-electron chi connectivity index (χ1n) is 4.77. The van der Waals surface area contributed by atoms with E-state index in [9.17, 15) is 0 Å². The molecule has 0 aliphatic rings. The second kappa shape index (κ2) is 5.38. The Morgan fingerprint density at radius 1 is 0.867 bits per heavy atom. The van der Waals surface area contributed by atoms with Gasteiger partial charge in [-0.05, 0) is 29.8 Å². The van der Waals surface area contributed by atoms with Crippen molar-refractivity contribution in [2.45, 2.75) is 10.6 Å². The number of hydrogen-bond acceptors (Lipinski definition) is 1. The van der Waals surface area contributed by atoms with E-state index in [1.54, 1.807) is 0 Å². The predicted molar refractivity (Wildman–Crippen MR) is 70.1 cm³/mol. The zero-order valence-electron chi connectivity index (χ0n) is 8.19. The van der Waals surface area contributed by atoms with E-state index in [1.165, 1.54) is 10.5 Å². The number of halogens is 1. The molecule has 0 N–H and O–H groups in total. The Morgan fingerprint density at radius 3 is 2.20 bits per heavy atom.